The Morgan fingerprint density at radius 3 is 2.89 bits per heavy atom. The molecule has 1 amide bonds. The van der Waals surface area contributed by atoms with Gasteiger partial charge in [-0.25, -0.2) is 0 Å². The lowest BCUT2D eigenvalue weighted by atomic mass is 10.1. The first-order valence-corrected chi connectivity index (χ1v) is 5.80. The number of amides is 1. The first kappa shape index (κ1) is 12.6. The van der Waals surface area contributed by atoms with E-state index in [1.165, 1.54) is 0 Å². The van der Waals surface area contributed by atoms with Crippen molar-refractivity contribution >= 4 is 17.6 Å². The van der Waals surface area contributed by atoms with Gasteiger partial charge in [0, 0.05) is 12.2 Å². The summed E-state index contributed by atoms with van der Waals surface area (Å²) < 4.78 is 5.22. The molecule has 1 aromatic rings. The van der Waals surface area contributed by atoms with Gasteiger partial charge in [-0.1, -0.05) is 18.2 Å². The summed E-state index contributed by atoms with van der Waals surface area (Å²) in [6.07, 6.45) is -1.17. The minimum atomic E-state index is -1.03. The van der Waals surface area contributed by atoms with Gasteiger partial charge in [0.1, 0.15) is 6.10 Å². The summed E-state index contributed by atoms with van der Waals surface area (Å²) in [7, 11) is 0. The molecule has 1 N–H and O–H groups in total. The monoisotopic (exact) mass is 249 g/mol. The van der Waals surface area contributed by atoms with Gasteiger partial charge in [-0.05, 0) is 18.6 Å². The highest BCUT2D eigenvalue weighted by molar-refractivity contribution is 5.99. The van der Waals surface area contributed by atoms with Crippen LogP contribution in [0.3, 0.4) is 0 Å². The SMILES string of the molecule is Cc1ccccc1N1CCOC(CC(=O)O)C1=O. The number of rotatable bonds is 3. The number of benzene rings is 1. The van der Waals surface area contributed by atoms with E-state index >= 15 is 0 Å². The van der Waals surface area contributed by atoms with Crippen molar-refractivity contribution in [2.24, 2.45) is 0 Å². The predicted octanol–water partition coefficient (Wildman–Crippen LogP) is 1.20. The van der Waals surface area contributed by atoms with Gasteiger partial charge in [0.15, 0.2) is 0 Å². The highest BCUT2D eigenvalue weighted by atomic mass is 16.5. The molecular formula is C13H15NO4. The normalized spacial score (nSPS) is 19.9. The highest BCUT2D eigenvalue weighted by Gasteiger charge is 2.32. The number of ether oxygens (including phenoxy) is 1. The van der Waals surface area contributed by atoms with Crippen molar-refractivity contribution < 1.29 is 19.4 Å². The van der Waals surface area contributed by atoms with Crippen LogP contribution < -0.4 is 4.90 Å². The molecule has 5 nitrogen and oxygen atoms in total. The molecule has 0 spiro atoms. The maximum absolute atomic E-state index is 12.2. The minimum absolute atomic E-state index is 0.280. The molecule has 1 fully saturated rings. The van der Waals surface area contributed by atoms with Crippen molar-refractivity contribution in [3.63, 3.8) is 0 Å². The molecule has 0 aliphatic carbocycles. The van der Waals surface area contributed by atoms with Crippen molar-refractivity contribution in [1.29, 1.82) is 0 Å². The van der Waals surface area contributed by atoms with Gasteiger partial charge in [-0.3, -0.25) is 9.59 Å². The molecule has 1 aliphatic rings. The number of carbonyl (C=O) groups is 2. The van der Waals surface area contributed by atoms with E-state index in [-0.39, 0.29) is 12.3 Å². The van der Waals surface area contributed by atoms with Crippen molar-refractivity contribution in [2.75, 3.05) is 18.1 Å². The Morgan fingerprint density at radius 2 is 2.22 bits per heavy atom. The summed E-state index contributed by atoms with van der Waals surface area (Å²) in [6, 6.07) is 7.54. The van der Waals surface area contributed by atoms with Crippen molar-refractivity contribution in [2.45, 2.75) is 19.4 Å². The Kier molecular flexibility index (Phi) is 3.62. The van der Waals surface area contributed by atoms with E-state index in [9.17, 15) is 9.59 Å². The van der Waals surface area contributed by atoms with Crippen LogP contribution in [-0.2, 0) is 14.3 Å². The Morgan fingerprint density at radius 1 is 1.50 bits per heavy atom. The third kappa shape index (κ3) is 2.51. The quantitative estimate of drug-likeness (QED) is 0.874. The van der Waals surface area contributed by atoms with Crippen LogP contribution >= 0.6 is 0 Å². The van der Waals surface area contributed by atoms with Crippen molar-refractivity contribution in [1.82, 2.24) is 0 Å². The summed E-state index contributed by atoms with van der Waals surface area (Å²) in [5, 5.41) is 8.74. The van der Waals surface area contributed by atoms with Gasteiger partial charge in [-0.2, -0.15) is 0 Å². The van der Waals surface area contributed by atoms with Crippen LogP contribution in [0.2, 0.25) is 0 Å². The molecule has 1 aliphatic heterocycles. The number of morpholine rings is 1. The fourth-order valence-corrected chi connectivity index (χ4v) is 2.05. The van der Waals surface area contributed by atoms with Crippen LogP contribution in [0.5, 0.6) is 0 Å². The number of para-hydroxylation sites is 1. The van der Waals surface area contributed by atoms with Gasteiger partial charge in [0.05, 0.1) is 13.0 Å². The summed E-state index contributed by atoms with van der Waals surface area (Å²) in [5.74, 6) is -1.31. The van der Waals surface area contributed by atoms with Gasteiger partial charge < -0.3 is 14.7 Å². The third-order valence-corrected chi connectivity index (χ3v) is 2.94. The topological polar surface area (TPSA) is 66.8 Å². The fraction of sp³-hybridized carbons (Fsp3) is 0.385. The molecular weight excluding hydrogens is 234 g/mol. The van der Waals surface area contributed by atoms with E-state index in [1.54, 1.807) is 4.90 Å². The summed E-state index contributed by atoms with van der Waals surface area (Å²) in [6.45, 7) is 2.74. The summed E-state index contributed by atoms with van der Waals surface area (Å²) in [4.78, 5) is 24.4. The Balaban J connectivity index is 2.21. The van der Waals surface area contributed by atoms with E-state index in [2.05, 4.69) is 0 Å². The number of hydrogen-bond donors (Lipinski definition) is 1. The van der Waals surface area contributed by atoms with Gasteiger partial charge in [0.25, 0.3) is 5.91 Å². The molecule has 96 valence electrons. The molecule has 1 aromatic carbocycles. The first-order chi connectivity index (χ1) is 8.59. The zero-order chi connectivity index (χ0) is 13.1. The molecule has 0 saturated carbocycles. The van der Waals surface area contributed by atoms with E-state index in [0.717, 1.165) is 11.3 Å². The number of aryl methyl sites for hydroxylation is 1. The first-order valence-electron chi connectivity index (χ1n) is 5.80. The van der Waals surface area contributed by atoms with Crippen LogP contribution in [-0.4, -0.2) is 36.2 Å². The molecule has 1 unspecified atom stereocenters. The standard InChI is InChI=1S/C13H15NO4/c1-9-4-2-3-5-10(9)14-6-7-18-11(13(14)17)8-12(15)16/h2-5,11H,6-8H2,1H3,(H,15,16). The van der Waals surface area contributed by atoms with E-state index in [1.807, 2.05) is 31.2 Å². The average Bonchev–Trinajstić information content (AvgIpc) is 2.32. The largest absolute Gasteiger partial charge is 0.481 e. The Labute approximate surface area is 105 Å². The molecule has 5 heteroatoms. The van der Waals surface area contributed by atoms with Crippen LogP contribution in [0.4, 0.5) is 5.69 Å². The molecule has 1 heterocycles. The minimum Gasteiger partial charge on any atom is -0.481 e. The Bertz CT molecular complexity index is 472. The second kappa shape index (κ2) is 5.18. The number of carbonyl (C=O) groups excluding carboxylic acids is 1. The molecule has 0 radical (unpaired) electrons. The zero-order valence-corrected chi connectivity index (χ0v) is 10.1. The number of hydrogen-bond acceptors (Lipinski definition) is 3. The van der Waals surface area contributed by atoms with Gasteiger partial charge >= 0.3 is 5.97 Å². The maximum Gasteiger partial charge on any atom is 0.306 e. The molecule has 0 aromatic heterocycles. The average molecular weight is 249 g/mol. The zero-order valence-electron chi connectivity index (χ0n) is 10.1. The number of aliphatic carboxylic acids is 1. The molecule has 1 atom stereocenters. The number of carboxylic acid groups (broad SMARTS) is 1. The van der Waals surface area contributed by atoms with Crippen LogP contribution in [0.25, 0.3) is 0 Å². The van der Waals surface area contributed by atoms with Gasteiger partial charge in [-0.15, -0.1) is 0 Å². The highest BCUT2D eigenvalue weighted by Crippen LogP contribution is 2.23. The lowest BCUT2D eigenvalue weighted by molar-refractivity contribution is -0.147. The maximum atomic E-state index is 12.2. The molecule has 1 saturated heterocycles. The van der Waals surface area contributed by atoms with Crippen LogP contribution in [0, 0.1) is 6.92 Å². The second-order valence-corrected chi connectivity index (χ2v) is 4.23. The van der Waals surface area contributed by atoms with Gasteiger partial charge in [0.2, 0.25) is 0 Å². The summed E-state index contributed by atoms with van der Waals surface area (Å²) >= 11 is 0. The smallest absolute Gasteiger partial charge is 0.306 e. The van der Waals surface area contributed by atoms with E-state index < -0.39 is 12.1 Å². The van der Waals surface area contributed by atoms with Crippen LogP contribution in [0.1, 0.15) is 12.0 Å². The molecule has 2 rings (SSSR count). The number of anilines is 1. The molecule has 18 heavy (non-hydrogen) atoms. The Hall–Kier alpha value is -1.88. The summed E-state index contributed by atoms with van der Waals surface area (Å²) in [5.41, 5.74) is 1.81. The number of carboxylic acids is 1. The second-order valence-electron chi connectivity index (χ2n) is 4.23. The molecule has 0 bridgehead atoms. The predicted molar refractivity (Wildman–Crippen MR) is 65.5 cm³/mol. The number of nitrogens with zero attached hydrogens (tertiary/aromatic N) is 1. The van der Waals surface area contributed by atoms with Crippen molar-refractivity contribution in [3.8, 4) is 0 Å². The fourth-order valence-electron chi connectivity index (χ4n) is 2.05. The van der Waals surface area contributed by atoms with Crippen LogP contribution in [0.15, 0.2) is 24.3 Å². The lowest BCUT2D eigenvalue weighted by Gasteiger charge is -2.32. The van der Waals surface area contributed by atoms with E-state index in [4.69, 9.17) is 9.84 Å². The third-order valence-electron chi connectivity index (χ3n) is 2.94. The lowest BCUT2D eigenvalue weighted by Crippen LogP contribution is -2.48. The van der Waals surface area contributed by atoms with E-state index in [0.29, 0.717) is 13.2 Å². The van der Waals surface area contributed by atoms with Crippen molar-refractivity contribution in [3.05, 3.63) is 29.8 Å².